The zero-order valence-corrected chi connectivity index (χ0v) is 14.0. The van der Waals surface area contributed by atoms with Crippen molar-refractivity contribution in [2.24, 2.45) is 0 Å². The van der Waals surface area contributed by atoms with E-state index in [-0.39, 0.29) is 5.91 Å². The van der Waals surface area contributed by atoms with Gasteiger partial charge in [0.2, 0.25) is 5.91 Å². The highest BCUT2D eigenvalue weighted by Crippen LogP contribution is 2.49. The third-order valence-corrected chi connectivity index (χ3v) is 5.53. The molecule has 0 aliphatic heterocycles. The van der Waals surface area contributed by atoms with Crippen molar-refractivity contribution in [2.75, 3.05) is 5.32 Å². The van der Waals surface area contributed by atoms with Crippen molar-refractivity contribution < 1.29 is 9.32 Å². The molecule has 0 atom stereocenters. The van der Waals surface area contributed by atoms with Crippen LogP contribution < -0.4 is 5.32 Å². The SMILES string of the molecule is O=C(Nc1ccc2cn[nH]c2c1)C1(c2cc(-c3cccs3)on2)CC1. The monoisotopic (exact) mass is 350 g/mol. The first-order valence-electron chi connectivity index (χ1n) is 8.00. The normalized spacial score (nSPS) is 15.4. The Kier molecular flexibility index (Phi) is 3.05. The number of nitrogens with zero attached hydrogens (tertiary/aromatic N) is 2. The maximum Gasteiger partial charge on any atom is 0.236 e. The lowest BCUT2D eigenvalue weighted by atomic mass is 10.0. The number of carbonyl (C=O) groups excluding carboxylic acids is 1. The van der Waals surface area contributed by atoms with Gasteiger partial charge in [-0.3, -0.25) is 9.89 Å². The number of rotatable bonds is 4. The largest absolute Gasteiger partial charge is 0.355 e. The van der Waals surface area contributed by atoms with Gasteiger partial charge in [-0.25, -0.2) is 0 Å². The average Bonchev–Trinajstić information content (AvgIpc) is 3.07. The molecule has 7 heteroatoms. The molecule has 0 spiro atoms. The molecule has 25 heavy (non-hydrogen) atoms. The molecule has 1 amide bonds. The minimum Gasteiger partial charge on any atom is -0.355 e. The van der Waals surface area contributed by atoms with Gasteiger partial charge >= 0.3 is 0 Å². The van der Waals surface area contributed by atoms with Crippen molar-refractivity contribution in [3.05, 3.63) is 53.7 Å². The van der Waals surface area contributed by atoms with Crippen LogP contribution in [0.1, 0.15) is 18.5 Å². The maximum absolute atomic E-state index is 12.9. The number of thiophene rings is 1. The Balaban J connectivity index is 1.41. The summed E-state index contributed by atoms with van der Waals surface area (Å²) in [7, 11) is 0. The second-order valence-corrected chi connectivity index (χ2v) is 7.21. The van der Waals surface area contributed by atoms with Crippen LogP contribution in [0.5, 0.6) is 0 Å². The number of amides is 1. The number of anilines is 1. The molecule has 1 aromatic carbocycles. The summed E-state index contributed by atoms with van der Waals surface area (Å²) in [5, 5.41) is 17.1. The van der Waals surface area contributed by atoms with E-state index in [9.17, 15) is 4.79 Å². The van der Waals surface area contributed by atoms with Gasteiger partial charge in [0, 0.05) is 17.1 Å². The molecule has 1 fully saturated rings. The molecular formula is C18H14N4O2S. The second kappa shape index (κ2) is 5.29. The van der Waals surface area contributed by atoms with E-state index in [0.717, 1.165) is 34.3 Å². The Hall–Kier alpha value is -2.93. The van der Waals surface area contributed by atoms with Crippen molar-refractivity contribution in [2.45, 2.75) is 18.3 Å². The van der Waals surface area contributed by atoms with Gasteiger partial charge in [0.1, 0.15) is 0 Å². The van der Waals surface area contributed by atoms with Gasteiger partial charge in [0.15, 0.2) is 5.76 Å². The summed E-state index contributed by atoms with van der Waals surface area (Å²) in [6, 6.07) is 11.5. The van der Waals surface area contributed by atoms with Crippen LogP contribution in [-0.4, -0.2) is 21.3 Å². The fourth-order valence-electron chi connectivity index (χ4n) is 3.03. The predicted molar refractivity (Wildman–Crippen MR) is 95.5 cm³/mol. The molecule has 2 N–H and O–H groups in total. The number of fused-ring (bicyclic) bond motifs is 1. The minimum atomic E-state index is -0.581. The molecule has 3 heterocycles. The van der Waals surface area contributed by atoms with E-state index in [1.54, 1.807) is 17.5 Å². The van der Waals surface area contributed by atoms with Crippen molar-refractivity contribution in [3.8, 4) is 10.6 Å². The molecule has 0 unspecified atom stereocenters. The van der Waals surface area contributed by atoms with Crippen LogP contribution in [0.15, 0.2) is 52.5 Å². The first kappa shape index (κ1) is 14.4. The number of carbonyl (C=O) groups is 1. The molecule has 3 aromatic heterocycles. The molecule has 0 saturated heterocycles. The van der Waals surface area contributed by atoms with Crippen LogP contribution in [0.3, 0.4) is 0 Å². The summed E-state index contributed by atoms with van der Waals surface area (Å²) in [5.41, 5.74) is 1.76. The van der Waals surface area contributed by atoms with E-state index in [1.165, 1.54) is 0 Å². The first-order chi connectivity index (χ1) is 12.2. The molecule has 1 saturated carbocycles. The van der Waals surface area contributed by atoms with Crippen molar-refractivity contribution in [1.29, 1.82) is 0 Å². The first-order valence-corrected chi connectivity index (χ1v) is 8.88. The smallest absolute Gasteiger partial charge is 0.236 e. The van der Waals surface area contributed by atoms with Gasteiger partial charge in [0.05, 0.1) is 27.7 Å². The fourth-order valence-corrected chi connectivity index (χ4v) is 3.70. The Morgan fingerprint density at radius 2 is 2.20 bits per heavy atom. The number of hydrogen-bond acceptors (Lipinski definition) is 5. The van der Waals surface area contributed by atoms with Crippen LogP contribution in [0.4, 0.5) is 5.69 Å². The minimum absolute atomic E-state index is 0.0441. The van der Waals surface area contributed by atoms with Gasteiger partial charge < -0.3 is 9.84 Å². The van der Waals surface area contributed by atoms with Gasteiger partial charge in [-0.1, -0.05) is 11.2 Å². The standard InChI is InChI=1S/C18H14N4O2S/c23-17(20-12-4-3-11-10-19-21-13(11)8-12)18(5-6-18)16-9-14(24-22-16)15-2-1-7-25-15/h1-4,7-10H,5-6H2,(H,19,21)(H,20,23). The highest BCUT2D eigenvalue weighted by Gasteiger charge is 2.53. The third-order valence-electron chi connectivity index (χ3n) is 4.65. The zero-order valence-electron chi connectivity index (χ0n) is 13.2. The quantitative estimate of drug-likeness (QED) is 0.584. The van der Waals surface area contributed by atoms with Crippen LogP contribution in [-0.2, 0) is 10.2 Å². The summed E-state index contributed by atoms with van der Waals surface area (Å²) in [4.78, 5) is 13.9. The molecule has 5 rings (SSSR count). The molecular weight excluding hydrogens is 336 g/mol. The van der Waals surface area contributed by atoms with Gasteiger partial charge in [-0.2, -0.15) is 5.10 Å². The Labute approximate surface area is 146 Å². The highest BCUT2D eigenvalue weighted by atomic mass is 32.1. The lowest BCUT2D eigenvalue weighted by Gasteiger charge is -2.12. The lowest BCUT2D eigenvalue weighted by Crippen LogP contribution is -2.28. The number of aromatic nitrogens is 3. The lowest BCUT2D eigenvalue weighted by molar-refractivity contribution is -0.118. The van der Waals surface area contributed by atoms with Crippen LogP contribution in [0.25, 0.3) is 21.5 Å². The summed E-state index contributed by atoms with van der Waals surface area (Å²) in [6.07, 6.45) is 3.31. The molecule has 1 aliphatic carbocycles. The number of hydrogen-bond donors (Lipinski definition) is 2. The Morgan fingerprint density at radius 1 is 1.28 bits per heavy atom. The molecule has 6 nitrogen and oxygen atoms in total. The van der Waals surface area contributed by atoms with E-state index in [2.05, 4.69) is 20.7 Å². The van der Waals surface area contributed by atoms with E-state index < -0.39 is 5.41 Å². The highest BCUT2D eigenvalue weighted by molar-refractivity contribution is 7.13. The maximum atomic E-state index is 12.9. The Morgan fingerprint density at radius 3 is 3.00 bits per heavy atom. The van der Waals surface area contributed by atoms with E-state index in [1.807, 2.05) is 41.8 Å². The molecule has 4 aromatic rings. The van der Waals surface area contributed by atoms with Crippen molar-refractivity contribution in [3.63, 3.8) is 0 Å². The molecule has 0 radical (unpaired) electrons. The Bertz CT molecular complexity index is 1060. The van der Waals surface area contributed by atoms with E-state index in [0.29, 0.717) is 11.5 Å². The summed E-state index contributed by atoms with van der Waals surface area (Å²) < 4.78 is 5.45. The summed E-state index contributed by atoms with van der Waals surface area (Å²) >= 11 is 1.59. The second-order valence-electron chi connectivity index (χ2n) is 6.26. The van der Waals surface area contributed by atoms with Crippen molar-refractivity contribution in [1.82, 2.24) is 15.4 Å². The zero-order chi connectivity index (χ0) is 16.9. The van der Waals surface area contributed by atoms with Crippen LogP contribution in [0, 0.1) is 0 Å². The average molecular weight is 350 g/mol. The number of nitrogens with one attached hydrogen (secondary N) is 2. The summed E-state index contributed by atoms with van der Waals surface area (Å²) in [6.45, 7) is 0. The van der Waals surface area contributed by atoms with Crippen LogP contribution >= 0.6 is 11.3 Å². The topological polar surface area (TPSA) is 83.8 Å². The van der Waals surface area contributed by atoms with E-state index >= 15 is 0 Å². The van der Waals surface area contributed by atoms with Crippen molar-refractivity contribution >= 4 is 33.8 Å². The number of H-pyrrole nitrogens is 1. The summed E-state index contributed by atoms with van der Waals surface area (Å²) in [5.74, 6) is 0.667. The number of aromatic amines is 1. The van der Waals surface area contributed by atoms with E-state index in [4.69, 9.17) is 4.52 Å². The van der Waals surface area contributed by atoms with Gasteiger partial charge in [0.25, 0.3) is 0 Å². The third kappa shape index (κ3) is 2.35. The number of benzene rings is 1. The molecule has 0 bridgehead atoms. The van der Waals surface area contributed by atoms with Gasteiger partial charge in [-0.05, 0) is 42.5 Å². The van der Waals surface area contributed by atoms with Crippen LogP contribution in [0.2, 0.25) is 0 Å². The fraction of sp³-hybridized carbons (Fsp3) is 0.167. The predicted octanol–water partition coefficient (Wildman–Crippen LogP) is 3.95. The van der Waals surface area contributed by atoms with Gasteiger partial charge in [-0.15, -0.1) is 11.3 Å². The molecule has 1 aliphatic rings. The molecule has 124 valence electrons.